The van der Waals surface area contributed by atoms with Crippen LogP contribution in [0.3, 0.4) is 0 Å². The molecule has 2 unspecified atom stereocenters. The second kappa shape index (κ2) is 8.48. The summed E-state index contributed by atoms with van der Waals surface area (Å²) >= 11 is 0.964. The SMILES string of the molecule is CSC(C#N)CC(F)(F)C(NC(=O)OC(C)(C)C)c1ccccc1F. The summed E-state index contributed by atoms with van der Waals surface area (Å²) in [6.07, 6.45) is -0.388. The maximum Gasteiger partial charge on any atom is 0.408 e. The van der Waals surface area contributed by atoms with Gasteiger partial charge >= 0.3 is 6.09 Å². The minimum atomic E-state index is -3.55. The fraction of sp³-hybridized carbons (Fsp3) is 0.529. The van der Waals surface area contributed by atoms with E-state index in [0.717, 1.165) is 17.8 Å². The average molecular weight is 374 g/mol. The highest BCUT2D eigenvalue weighted by molar-refractivity contribution is 7.99. The van der Waals surface area contributed by atoms with E-state index in [1.807, 2.05) is 0 Å². The van der Waals surface area contributed by atoms with Gasteiger partial charge in [-0.3, -0.25) is 0 Å². The Balaban J connectivity index is 3.18. The van der Waals surface area contributed by atoms with Gasteiger partial charge in [0.15, 0.2) is 0 Å². The summed E-state index contributed by atoms with van der Waals surface area (Å²) in [6.45, 7) is 4.76. The first-order chi connectivity index (χ1) is 11.5. The van der Waals surface area contributed by atoms with Crippen LogP contribution in [-0.2, 0) is 4.74 Å². The Morgan fingerprint density at radius 1 is 1.36 bits per heavy atom. The number of halogens is 3. The molecule has 1 N–H and O–H groups in total. The minimum absolute atomic E-state index is 0.365. The Bertz CT molecular complexity index is 642. The summed E-state index contributed by atoms with van der Waals surface area (Å²) in [5.74, 6) is -4.43. The topological polar surface area (TPSA) is 62.1 Å². The zero-order chi connectivity index (χ0) is 19.3. The third-order valence-electron chi connectivity index (χ3n) is 3.19. The molecule has 0 fully saturated rings. The van der Waals surface area contributed by atoms with Crippen LogP contribution in [-0.4, -0.2) is 29.1 Å². The van der Waals surface area contributed by atoms with Gasteiger partial charge in [0.25, 0.3) is 5.92 Å². The standard InChI is InChI=1S/C17H21F3N2O2S/c1-16(2,3)24-15(23)22-14(12-7-5-6-8-13(12)18)17(19,20)9-11(10-21)25-4/h5-8,11,14H,9H2,1-4H3,(H,22,23). The normalized spacial score (nSPS) is 14.3. The summed E-state index contributed by atoms with van der Waals surface area (Å²) in [5, 5.41) is 10.00. The van der Waals surface area contributed by atoms with Crippen LogP contribution < -0.4 is 5.32 Å². The Hall–Kier alpha value is -1.88. The molecule has 4 nitrogen and oxygen atoms in total. The predicted molar refractivity (Wildman–Crippen MR) is 91.0 cm³/mol. The van der Waals surface area contributed by atoms with E-state index < -0.39 is 41.1 Å². The largest absolute Gasteiger partial charge is 0.444 e. The molecule has 1 aromatic carbocycles. The zero-order valence-electron chi connectivity index (χ0n) is 14.5. The van der Waals surface area contributed by atoms with Crippen molar-refractivity contribution >= 4 is 17.9 Å². The lowest BCUT2D eigenvalue weighted by molar-refractivity contribution is -0.0478. The first-order valence-electron chi connectivity index (χ1n) is 7.54. The molecule has 0 saturated heterocycles. The van der Waals surface area contributed by atoms with Gasteiger partial charge in [0, 0.05) is 12.0 Å². The van der Waals surface area contributed by atoms with Crippen LogP contribution in [0.4, 0.5) is 18.0 Å². The van der Waals surface area contributed by atoms with Crippen molar-refractivity contribution in [1.82, 2.24) is 5.32 Å². The number of alkyl carbamates (subject to hydrolysis) is 1. The van der Waals surface area contributed by atoms with E-state index in [2.05, 4.69) is 5.32 Å². The van der Waals surface area contributed by atoms with Crippen LogP contribution >= 0.6 is 11.8 Å². The molecule has 0 radical (unpaired) electrons. The summed E-state index contributed by atoms with van der Waals surface area (Å²) in [6, 6.07) is 4.78. The van der Waals surface area contributed by atoms with Crippen LogP contribution in [0.15, 0.2) is 24.3 Å². The highest BCUT2D eigenvalue weighted by Crippen LogP contribution is 2.38. The number of rotatable bonds is 6. The number of alkyl halides is 2. The molecule has 0 aliphatic carbocycles. The number of carbonyl (C=O) groups is 1. The molecule has 1 rings (SSSR count). The molecule has 8 heteroatoms. The van der Waals surface area contributed by atoms with E-state index in [1.165, 1.54) is 24.5 Å². The van der Waals surface area contributed by atoms with Crippen molar-refractivity contribution in [3.05, 3.63) is 35.6 Å². The van der Waals surface area contributed by atoms with Gasteiger partial charge in [-0.25, -0.2) is 18.0 Å². The third-order valence-corrected chi connectivity index (χ3v) is 4.03. The van der Waals surface area contributed by atoms with E-state index in [-0.39, 0.29) is 5.56 Å². The molecular formula is C17H21F3N2O2S. The molecule has 1 aromatic rings. The van der Waals surface area contributed by atoms with Crippen LogP contribution in [0.2, 0.25) is 0 Å². The molecule has 138 valence electrons. The van der Waals surface area contributed by atoms with Crippen molar-refractivity contribution in [1.29, 1.82) is 5.26 Å². The summed E-state index contributed by atoms with van der Waals surface area (Å²) in [5.41, 5.74) is -1.26. The van der Waals surface area contributed by atoms with Gasteiger partial charge in [0.1, 0.15) is 17.5 Å². The van der Waals surface area contributed by atoms with Gasteiger partial charge in [-0.2, -0.15) is 5.26 Å². The molecule has 0 spiro atoms. The quantitative estimate of drug-likeness (QED) is 0.786. The number of thioether (sulfide) groups is 1. The molecular weight excluding hydrogens is 353 g/mol. The van der Waals surface area contributed by atoms with Crippen LogP contribution in [0.25, 0.3) is 0 Å². The Morgan fingerprint density at radius 3 is 2.44 bits per heavy atom. The van der Waals surface area contributed by atoms with E-state index in [1.54, 1.807) is 26.8 Å². The van der Waals surface area contributed by atoms with Crippen molar-refractivity contribution in [3.63, 3.8) is 0 Å². The second-order valence-corrected chi connectivity index (χ2v) is 7.46. The van der Waals surface area contributed by atoms with E-state index in [0.29, 0.717) is 0 Å². The number of nitrogens with one attached hydrogen (secondary N) is 1. The van der Waals surface area contributed by atoms with Gasteiger partial charge < -0.3 is 10.1 Å². The average Bonchev–Trinajstić information content (AvgIpc) is 2.49. The summed E-state index contributed by atoms with van der Waals surface area (Å²) < 4.78 is 48.6. The highest BCUT2D eigenvalue weighted by Gasteiger charge is 2.45. The lowest BCUT2D eigenvalue weighted by Gasteiger charge is -2.30. The van der Waals surface area contributed by atoms with E-state index in [9.17, 15) is 18.0 Å². The van der Waals surface area contributed by atoms with Gasteiger partial charge in [0.05, 0.1) is 11.3 Å². The molecule has 0 heterocycles. The molecule has 1 amide bonds. The Labute approximate surface area is 149 Å². The molecule has 25 heavy (non-hydrogen) atoms. The maximum atomic E-state index is 14.8. The second-order valence-electron chi connectivity index (χ2n) is 6.42. The van der Waals surface area contributed by atoms with Gasteiger partial charge in [-0.05, 0) is 33.1 Å². The Kier molecular flexibility index (Phi) is 7.17. The van der Waals surface area contributed by atoms with Crippen LogP contribution in [0, 0.1) is 17.1 Å². The molecule has 0 bridgehead atoms. The third kappa shape index (κ3) is 6.50. The summed E-state index contributed by atoms with van der Waals surface area (Å²) in [7, 11) is 0. The van der Waals surface area contributed by atoms with Crippen molar-refractivity contribution < 1.29 is 22.7 Å². The number of benzene rings is 1. The molecule has 0 saturated carbocycles. The highest BCUT2D eigenvalue weighted by atomic mass is 32.2. The molecule has 2 atom stereocenters. The number of nitrogens with zero attached hydrogens (tertiary/aromatic N) is 1. The van der Waals surface area contributed by atoms with Gasteiger partial charge in [0.2, 0.25) is 0 Å². The smallest absolute Gasteiger partial charge is 0.408 e. The number of hydrogen-bond acceptors (Lipinski definition) is 4. The van der Waals surface area contributed by atoms with E-state index in [4.69, 9.17) is 10.00 Å². The number of amides is 1. The van der Waals surface area contributed by atoms with Crippen molar-refractivity contribution in [2.75, 3.05) is 6.26 Å². The predicted octanol–water partition coefficient (Wildman–Crippen LogP) is 4.67. The molecule has 0 aliphatic heterocycles. The van der Waals surface area contributed by atoms with Crippen molar-refractivity contribution in [2.45, 2.75) is 50.0 Å². The van der Waals surface area contributed by atoms with Crippen molar-refractivity contribution in [2.24, 2.45) is 0 Å². The zero-order valence-corrected chi connectivity index (χ0v) is 15.3. The lowest BCUT2D eigenvalue weighted by Crippen LogP contribution is -2.44. The van der Waals surface area contributed by atoms with Crippen LogP contribution in [0.5, 0.6) is 0 Å². The number of hydrogen-bond donors (Lipinski definition) is 1. The monoisotopic (exact) mass is 374 g/mol. The first kappa shape index (κ1) is 21.2. The fourth-order valence-electron chi connectivity index (χ4n) is 2.09. The van der Waals surface area contributed by atoms with Gasteiger partial charge in [-0.1, -0.05) is 18.2 Å². The minimum Gasteiger partial charge on any atom is -0.444 e. The number of ether oxygens (including phenoxy) is 1. The molecule has 0 aromatic heterocycles. The lowest BCUT2D eigenvalue weighted by atomic mass is 9.96. The fourth-order valence-corrected chi connectivity index (χ4v) is 2.59. The van der Waals surface area contributed by atoms with Gasteiger partial charge in [-0.15, -0.1) is 11.8 Å². The van der Waals surface area contributed by atoms with Crippen LogP contribution in [0.1, 0.15) is 38.8 Å². The maximum absolute atomic E-state index is 14.8. The Morgan fingerprint density at radius 2 is 1.96 bits per heavy atom. The van der Waals surface area contributed by atoms with Crippen molar-refractivity contribution in [3.8, 4) is 6.07 Å². The van der Waals surface area contributed by atoms with E-state index >= 15 is 0 Å². The molecule has 0 aliphatic rings. The number of carbonyl (C=O) groups excluding carboxylic acids is 1. The summed E-state index contributed by atoms with van der Waals surface area (Å²) in [4.78, 5) is 12.0. The number of nitriles is 1. The first-order valence-corrected chi connectivity index (χ1v) is 8.83.